The number of rotatable bonds is 5. The summed E-state index contributed by atoms with van der Waals surface area (Å²) in [6, 6.07) is 3.75. The van der Waals surface area contributed by atoms with Crippen molar-refractivity contribution in [1.29, 1.82) is 0 Å². The SMILES string of the molecule is O=P(O)(O)CP(=O)(O)OSc1cccc(C(F)(F)F)c1. The Bertz CT molecular complexity index is 572. The number of benzene rings is 1. The number of alkyl halides is 3. The zero-order valence-electron chi connectivity index (χ0n) is 9.52. The Balaban J connectivity index is 2.76. The first-order valence-corrected chi connectivity index (χ1v) is 9.09. The van der Waals surface area contributed by atoms with Crippen molar-refractivity contribution in [3.8, 4) is 0 Å². The highest BCUT2D eigenvalue weighted by Gasteiger charge is 2.33. The van der Waals surface area contributed by atoms with Gasteiger partial charge in [-0.2, -0.15) is 13.2 Å². The molecule has 1 aromatic rings. The molecule has 12 heteroatoms. The molecule has 1 unspecified atom stereocenters. The maximum Gasteiger partial charge on any atom is 0.416 e. The van der Waals surface area contributed by atoms with Crippen LogP contribution >= 0.6 is 27.2 Å². The summed E-state index contributed by atoms with van der Waals surface area (Å²) in [7, 11) is -9.39. The smallest absolute Gasteiger partial charge is 0.324 e. The van der Waals surface area contributed by atoms with Crippen molar-refractivity contribution in [3.05, 3.63) is 29.8 Å². The normalized spacial score (nSPS) is 15.9. The standard InChI is InChI=1S/C8H9F3O6P2S/c9-8(10,11)6-2-1-3-7(4-6)20-17-19(15,16)5-18(12,13)14/h1-4H,5H2,(H,15,16)(H2,12,13,14). The van der Waals surface area contributed by atoms with Gasteiger partial charge < -0.3 is 14.7 Å². The van der Waals surface area contributed by atoms with Crippen molar-refractivity contribution in [2.75, 3.05) is 5.90 Å². The second-order valence-corrected chi connectivity index (χ2v) is 8.60. The first kappa shape index (κ1) is 17.7. The molecule has 0 fully saturated rings. The van der Waals surface area contributed by atoms with Gasteiger partial charge in [0.2, 0.25) is 0 Å². The molecular formula is C8H9F3O6P2S. The zero-order chi connectivity index (χ0) is 15.6. The highest BCUT2D eigenvalue weighted by Crippen LogP contribution is 2.58. The summed E-state index contributed by atoms with van der Waals surface area (Å²) < 4.78 is 63.4. The maximum absolute atomic E-state index is 12.4. The molecule has 0 aromatic heterocycles. The second-order valence-electron chi connectivity index (χ2n) is 3.63. The highest BCUT2D eigenvalue weighted by molar-refractivity contribution is 7.98. The Kier molecular flexibility index (Phi) is 5.48. The fraction of sp³-hybridized carbons (Fsp3) is 0.250. The van der Waals surface area contributed by atoms with E-state index in [9.17, 15) is 22.3 Å². The molecule has 0 amide bonds. The van der Waals surface area contributed by atoms with Crippen LogP contribution in [0.4, 0.5) is 13.2 Å². The van der Waals surface area contributed by atoms with Crippen LogP contribution in [-0.2, 0) is 19.3 Å². The molecule has 0 saturated carbocycles. The lowest BCUT2D eigenvalue weighted by atomic mass is 10.2. The van der Waals surface area contributed by atoms with Crippen molar-refractivity contribution in [2.24, 2.45) is 0 Å². The molecular weight excluding hydrogens is 343 g/mol. The van der Waals surface area contributed by atoms with Crippen molar-refractivity contribution in [2.45, 2.75) is 11.1 Å². The summed E-state index contributed by atoms with van der Waals surface area (Å²) in [5.74, 6) is -1.41. The van der Waals surface area contributed by atoms with E-state index in [2.05, 4.69) is 3.97 Å². The lowest BCUT2D eigenvalue weighted by Crippen LogP contribution is -2.04. The summed E-state index contributed by atoms with van der Waals surface area (Å²) in [5, 5.41) is 0. The molecule has 0 bridgehead atoms. The third-order valence-electron chi connectivity index (χ3n) is 1.77. The van der Waals surface area contributed by atoms with Crippen LogP contribution in [0.1, 0.15) is 5.56 Å². The molecule has 1 aromatic carbocycles. The molecule has 0 aliphatic carbocycles. The van der Waals surface area contributed by atoms with E-state index in [1.807, 2.05) is 0 Å². The molecule has 114 valence electrons. The summed E-state index contributed by atoms with van der Waals surface area (Å²) in [6.45, 7) is 0. The van der Waals surface area contributed by atoms with Crippen LogP contribution in [0, 0.1) is 0 Å². The monoisotopic (exact) mass is 352 g/mol. The van der Waals surface area contributed by atoms with Crippen LogP contribution < -0.4 is 0 Å². The Morgan fingerprint density at radius 1 is 1.20 bits per heavy atom. The van der Waals surface area contributed by atoms with Gasteiger partial charge in [0, 0.05) is 16.9 Å². The molecule has 0 aliphatic rings. The largest absolute Gasteiger partial charge is 0.416 e. The van der Waals surface area contributed by atoms with Crippen molar-refractivity contribution in [1.82, 2.24) is 0 Å². The van der Waals surface area contributed by atoms with E-state index in [0.717, 1.165) is 12.1 Å². The summed E-state index contributed by atoms with van der Waals surface area (Å²) >= 11 is 0.142. The van der Waals surface area contributed by atoms with Gasteiger partial charge >= 0.3 is 21.4 Å². The van der Waals surface area contributed by atoms with Gasteiger partial charge in [0.05, 0.1) is 5.56 Å². The van der Waals surface area contributed by atoms with Crippen LogP contribution in [0.15, 0.2) is 29.2 Å². The Hall–Kier alpha value is -0.340. The van der Waals surface area contributed by atoms with E-state index in [0.29, 0.717) is 6.07 Å². The van der Waals surface area contributed by atoms with Crippen LogP contribution in [-0.4, -0.2) is 20.6 Å². The Morgan fingerprint density at radius 2 is 1.80 bits per heavy atom. The molecule has 20 heavy (non-hydrogen) atoms. The molecule has 6 nitrogen and oxygen atoms in total. The van der Waals surface area contributed by atoms with Gasteiger partial charge in [-0.3, -0.25) is 9.13 Å². The van der Waals surface area contributed by atoms with Crippen molar-refractivity contribution >= 4 is 27.2 Å². The zero-order valence-corrected chi connectivity index (χ0v) is 12.1. The minimum Gasteiger partial charge on any atom is -0.324 e. The summed E-state index contributed by atoms with van der Waals surface area (Å²) in [4.78, 5) is 26.1. The average Bonchev–Trinajstić information content (AvgIpc) is 2.22. The van der Waals surface area contributed by atoms with E-state index in [4.69, 9.17) is 14.7 Å². The predicted octanol–water partition coefficient (Wildman–Crippen LogP) is 3.05. The molecule has 1 rings (SSSR count). The fourth-order valence-corrected chi connectivity index (χ4v) is 4.68. The fourth-order valence-electron chi connectivity index (χ4n) is 1.08. The van der Waals surface area contributed by atoms with Gasteiger partial charge in [-0.15, -0.1) is 0 Å². The average molecular weight is 352 g/mol. The van der Waals surface area contributed by atoms with Crippen LogP contribution in [0.3, 0.4) is 0 Å². The molecule has 0 aliphatic heterocycles. The minimum atomic E-state index is -4.78. The third kappa shape index (κ3) is 6.41. The van der Waals surface area contributed by atoms with Gasteiger partial charge in [0.25, 0.3) is 0 Å². The van der Waals surface area contributed by atoms with Gasteiger partial charge in [-0.05, 0) is 18.2 Å². The van der Waals surface area contributed by atoms with Crippen LogP contribution in [0.5, 0.6) is 0 Å². The van der Waals surface area contributed by atoms with Crippen molar-refractivity contribution in [3.63, 3.8) is 0 Å². The molecule has 3 N–H and O–H groups in total. The molecule has 0 radical (unpaired) electrons. The van der Waals surface area contributed by atoms with Gasteiger partial charge in [0.15, 0.2) is 5.90 Å². The Morgan fingerprint density at radius 3 is 2.30 bits per heavy atom. The van der Waals surface area contributed by atoms with E-state index in [-0.39, 0.29) is 16.9 Å². The summed E-state index contributed by atoms with van der Waals surface area (Å²) in [5.41, 5.74) is -0.978. The maximum atomic E-state index is 12.4. The number of hydrogen-bond donors (Lipinski definition) is 3. The molecule has 0 heterocycles. The number of hydrogen-bond acceptors (Lipinski definition) is 4. The highest BCUT2D eigenvalue weighted by atomic mass is 32.2. The Labute approximate surface area is 115 Å². The van der Waals surface area contributed by atoms with Crippen molar-refractivity contribution < 1.29 is 41.0 Å². The van der Waals surface area contributed by atoms with Crippen LogP contribution in [0.25, 0.3) is 0 Å². The summed E-state index contributed by atoms with van der Waals surface area (Å²) in [6.07, 6.45) is -4.58. The van der Waals surface area contributed by atoms with Gasteiger partial charge in [-0.25, -0.2) is 3.97 Å². The van der Waals surface area contributed by atoms with Gasteiger partial charge in [-0.1, -0.05) is 6.07 Å². The van der Waals surface area contributed by atoms with E-state index >= 15 is 0 Å². The quantitative estimate of drug-likeness (QED) is 0.553. The van der Waals surface area contributed by atoms with Crippen LogP contribution in [0.2, 0.25) is 0 Å². The number of halogens is 3. The first-order valence-electron chi connectivity index (χ1n) is 4.79. The first-order chi connectivity index (χ1) is 8.89. The predicted molar refractivity (Wildman–Crippen MR) is 65.1 cm³/mol. The second kappa shape index (κ2) is 6.19. The minimum absolute atomic E-state index is 0.125. The van der Waals surface area contributed by atoms with E-state index in [1.54, 1.807) is 0 Å². The van der Waals surface area contributed by atoms with Gasteiger partial charge in [0.1, 0.15) is 0 Å². The van der Waals surface area contributed by atoms with E-state index < -0.39 is 32.8 Å². The molecule has 1 atom stereocenters. The third-order valence-corrected chi connectivity index (χ3v) is 6.35. The lowest BCUT2D eigenvalue weighted by molar-refractivity contribution is -0.137. The molecule has 0 spiro atoms. The topological polar surface area (TPSA) is 104 Å². The molecule has 0 saturated heterocycles. The van der Waals surface area contributed by atoms with E-state index in [1.165, 1.54) is 6.07 Å². The lowest BCUT2D eigenvalue weighted by Gasteiger charge is -2.12.